The zero-order valence-corrected chi connectivity index (χ0v) is 9.97. The summed E-state index contributed by atoms with van der Waals surface area (Å²) in [6, 6.07) is 9.54. The van der Waals surface area contributed by atoms with Crippen LogP contribution in [-0.2, 0) is 4.79 Å². The maximum atomic E-state index is 11.0. The van der Waals surface area contributed by atoms with Crippen LogP contribution in [-0.4, -0.2) is 23.2 Å². The van der Waals surface area contributed by atoms with Crippen LogP contribution in [0.25, 0.3) is 0 Å². The molecule has 3 nitrogen and oxygen atoms in total. The first-order chi connectivity index (χ1) is 8.74. The van der Waals surface area contributed by atoms with E-state index >= 15 is 0 Å². The van der Waals surface area contributed by atoms with Crippen LogP contribution in [0.15, 0.2) is 42.5 Å². The molecule has 1 amide bonds. The second-order valence-electron chi connectivity index (χ2n) is 4.18. The van der Waals surface area contributed by atoms with E-state index in [0.29, 0.717) is 6.42 Å². The summed E-state index contributed by atoms with van der Waals surface area (Å²) in [6.45, 7) is 0. The quantitative estimate of drug-likeness (QED) is 0.604. The third-order valence-corrected chi connectivity index (χ3v) is 2.69. The molecule has 1 aromatic rings. The van der Waals surface area contributed by atoms with Crippen LogP contribution < -0.4 is 5.32 Å². The van der Waals surface area contributed by atoms with Crippen LogP contribution in [0.1, 0.15) is 18.4 Å². The van der Waals surface area contributed by atoms with Gasteiger partial charge in [0.25, 0.3) is 0 Å². The van der Waals surface area contributed by atoms with Gasteiger partial charge in [0.1, 0.15) is 6.10 Å². The van der Waals surface area contributed by atoms with Crippen LogP contribution in [0.3, 0.4) is 0 Å². The average molecular weight is 241 g/mol. The Morgan fingerprint density at radius 1 is 1.39 bits per heavy atom. The molecule has 0 aromatic heterocycles. The Balaban J connectivity index is 1.89. The van der Waals surface area contributed by atoms with E-state index in [-0.39, 0.29) is 11.9 Å². The number of rotatable bonds is 2. The van der Waals surface area contributed by atoms with Crippen molar-refractivity contribution < 1.29 is 9.90 Å². The molecule has 0 unspecified atom stereocenters. The predicted molar refractivity (Wildman–Crippen MR) is 69.6 cm³/mol. The number of carbonyl (C=O) groups is 1. The molecule has 0 saturated carbocycles. The van der Waals surface area contributed by atoms with E-state index in [9.17, 15) is 9.90 Å². The highest BCUT2D eigenvalue weighted by Crippen LogP contribution is 2.07. The molecule has 1 saturated heterocycles. The number of carbonyl (C=O) groups excluding carboxylic acids is 1. The monoisotopic (exact) mass is 241 g/mol. The van der Waals surface area contributed by atoms with E-state index < -0.39 is 6.10 Å². The van der Waals surface area contributed by atoms with Crippen molar-refractivity contribution in [1.29, 1.82) is 0 Å². The Morgan fingerprint density at radius 3 is 2.83 bits per heavy atom. The molecular formula is C15H15NO2. The van der Waals surface area contributed by atoms with Crippen LogP contribution in [0.2, 0.25) is 0 Å². The van der Waals surface area contributed by atoms with Crippen molar-refractivity contribution >= 4 is 5.91 Å². The molecule has 2 rings (SSSR count). The van der Waals surface area contributed by atoms with Gasteiger partial charge < -0.3 is 10.4 Å². The number of aliphatic hydroxyl groups is 1. The second-order valence-corrected chi connectivity index (χ2v) is 4.18. The summed E-state index contributed by atoms with van der Waals surface area (Å²) in [5.41, 5.74) is 0.874. The van der Waals surface area contributed by atoms with E-state index in [2.05, 4.69) is 17.2 Å². The summed E-state index contributed by atoms with van der Waals surface area (Å²) in [7, 11) is 0. The lowest BCUT2D eigenvalue weighted by Gasteiger charge is -2.02. The fourth-order valence-electron chi connectivity index (χ4n) is 1.75. The van der Waals surface area contributed by atoms with Crippen molar-refractivity contribution in [3.63, 3.8) is 0 Å². The molecule has 0 radical (unpaired) electrons. The Morgan fingerprint density at radius 2 is 2.17 bits per heavy atom. The summed E-state index contributed by atoms with van der Waals surface area (Å²) < 4.78 is 0. The molecular weight excluding hydrogens is 226 g/mol. The summed E-state index contributed by atoms with van der Waals surface area (Å²) >= 11 is 0. The van der Waals surface area contributed by atoms with E-state index in [1.807, 2.05) is 30.3 Å². The summed E-state index contributed by atoms with van der Waals surface area (Å²) in [5.74, 6) is 5.69. The minimum absolute atomic E-state index is 0.0330. The maximum absolute atomic E-state index is 11.0. The van der Waals surface area contributed by atoms with Crippen molar-refractivity contribution in [3.8, 4) is 11.8 Å². The lowest BCUT2D eigenvalue weighted by atomic mass is 10.2. The van der Waals surface area contributed by atoms with Gasteiger partial charge in [0.2, 0.25) is 5.91 Å². The first kappa shape index (κ1) is 12.4. The zero-order chi connectivity index (χ0) is 12.8. The van der Waals surface area contributed by atoms with Gasteiger partial charge in [0, 0.05) is 18.0 Å². The number of hydrogen-bond acceptors (Lipinski definition) is 2. The third-order valence-electron chi connectivity index (χ3n) is 2.69. The molecule has 2 N–H and O–H groups in total. The van der Waals surface area contributed by atoms with Crippen LogP contribution >= 0.6 is 0 Å². The second kappa shape index (κ2) is 6.04. The lowest BCUT2D eigenvalue weighted by molar-refractivity contribution is -0.119. The van der Waals surface area contributed by atoms with Crippen molar-refractivity contribution in [2.75, 3.05) is 0 Å². The Kier molecular flexibility index (Phi) is 4.16. The Bertz CT molecular complexity index is 496. The highest BCUT2D eigenvalue weighted by Gasteiger charge is 2.17. The van der Waals surface area contributed by atoms with Crippen molar-refractivity contribution in [3.05, 3.63) is 48.0 Å². The number of aliphatic hydroxyl groups excluding tert-OH is 1. The molecule has 0 spiro atoms. The smallest absolute Gasteiger partial charge is 0.220 e. The maximum Gasteiger partial charge on any atom is 0.220 e. The summed E-state index contributed by atoms with van der Waals surface area (Å²) in [5, 5.41) is 12.5. The van der Waals surface area contributed by atoms with Gasteiger partial charge in [-0.1, -0.05) is 36.1 Å². The van der Waals surface area contributed by atoms with E-state index in [1.54, 1.807) is 12.2 Å². The predicted octanol–water partition coefficient (Wildman–Crippen LogP) is 1.23. The standard InChI is InChI=1S/C15H15NO2/c17-14(9-6-12-4-2-1-3-5-12)10-7-13-8-11-15(18)16-13/h1-5,7,10,13-14,17H,8,11H2,(H,16,18)/b10-7+/t13-,14+/m0/s1. The minimum atomic E-state index is -0.803. The van der Waals surface area contributed by atoms with E-state index in [4.69, 9.17) is 0 Å². The van der Waals surface area contributed by atoms with E-state index in [1.165, 1.54) is 0 Å². The molecule has 92 valence electrons. The molecule has 0 aliphatic carbocycles. The zero-order valence-electron chi connectivity index (χ0n) is 9.97. The minimum Gasteiger partial charge on any atom is -0.377 e. The molecule has 1 aliphatic rings. The van der Waals surface area contributed by atoms with Gasteiger partial charge in [-0.05, 0) is 24.6 Å². The van der Waals surface area contributed by atoms with Crippen LogP contribution in [0.5, 0.6) is 0 Å². The third kappa shape index (κ3) is 3.76. The van der Waals surface area contributed by atoms with Crippen LogP contribution in [0, 0.1) is 11.8 Å². The van der Waals surface area contributed by atoms with Gasteiger partial charge in [-0.15, -0.1) is 0 Å². The number of amides is 1. The van der Waals surface area contributed by atoms with Crippen molar-refractivity contribution in [2.45, 2.75) is 25.0 Å². The van der Waals surface area contributed by atoms with Crippen molar-refractivity contribution in [1.82, 2.24) is 5.32 Å². The van der Waals surface area contributed by atoms with Gasteiger partial charge in [-0.2, -0.15) is 0 Å². The first-order valence-electron chi connectivity index (χ1n) is 5.96. The molecule has 18 heavy (non-hydrogen) atoms. The summed E-state index contributed by atoms with van der Waals surface area (Å²) in [4.78, 5) is 11.0. The molecule has 1 aromatic carbocycles. The Hall–Kier alpha value is -2.05. The van der Waals surface area contributed by atoms with Gasteiger partial charge in [0.15, 0.2) is 0 Å². The van der Waals surface area contributed by atoms with E-state index in [0.717, 1.165) is 12.0 Å². The lowest BCUT2D eigenvalue weighted by Crippen LogP contribution is -2.23. The largest absolute Gasteiger partial charge is 0.377 e. The summed E-state index contributed by atoms with van der Waals surface area (Å²) in [6.07, 6.45) is 3.96. The highest BCUT2D eigenvalue weighted by molar-refractivity contribution is 5.78. The molecule has 2 atom stereocenters. The first-order valence-corrected chi connectivity index (χ1v) is 5.96. The molecule has 0 bridgehead atoms. The average Bonchev–Trinajstić information content (AvgIpc) is 2.81. The SMILES string of the molecule is O=C1CC[C@H](/C=C/[C@H](O)C#Cc2ccccc2)N1. The van der Waals surface area contributed by atoms with Crippen LogP contribution in [0.4, 0.5) is 0 Å². The molecule has 1 aliphatic heterocycles. The molecule has 1 heterocycles. The van der Waals surface area contributed by atoms with Gasteiger partial charge in [-0.3, -0.25) is 4.79 Å². The highest BCUT2D eigenvalue weighted by atomic mass is 16.3. The van der Waals surface area contributed by atoms with Gasteiger partial charge in [-0.25, -0.2) is 0 Å². The van der Waals surface area contributed by atoms with Gasteiger partial charge >= 0.3 is 0 Å². The Labute approximate surface area is 107 Å². The van der Waals surface area contributed by atoms with Gasteiger partial charge in [0.05, 0.1) is 0 Å². The molecule has 1 fully saturated rings. The normalized spacial score (nSPS) is 20.3. The fraction of sp³-hybridized carbons (Fsp3) is 0.267. The van der Waals surface area contributed by atoms with Crippen molar-refractivity contribution in [2.24, 2.45) is 0 Å². The fourth-order valence-corrected chi connectivity index (χ4v) is 1.75. The number of benzene rings is 1. The number of nitrogens with one attached hydrogen (secondary N) is 1. The number of hydrogen-bond donors (Lipinski definition) is 2. The molecule has 3 heteroatoms. The topological polar surface area (TPSA) is 49.3 Å².